The van der Waals surface area contributed by atoms with Gasteiger partial charge in [-0.15, -0.1) is 0 Å². The molecule has 0 saturated carbocycles. The maximum Gasteiger partial charge on any atom is 0.258 e. The second kappa shape index (κ2) is 8.35. The van der Waals surface area contributed by atoms with Crippen molar-refractivity contribution < 1.29 is 19.0 Å². The first-order valence-electron chi connectivity index (χ1n) is 9.04. The van der Waals surface area contributed by atoms with Crippen molar-refractivity contribution in [2.24, 2.45) is 0 Å². The van der Waals surface area contributed by atoms with E-state index in [1.165, 1.54) is 0 Å². The number of benzene rings is 2. The van der Waals surface area contributed by atoms with Gasteiger partial charge in [-0.3, -0.25) is 4.79 Å². The molecule has 1 aromatic heterocycles. The van der Waals surface area contributed by atoms with Gasteiger partial charge in [0, 0.05) is 11.1 Å². The summed E-state index contributed by atoms with van der Waals surface area (Å²) in [5, 5.41) is 4.27. The molecule has 0 aliphatic carbocycles. The molecule has 2 aromatic carbocycles. The first kappa shape index (κ1) is 19.6. The molecule has 1 amide bonds. The highest BCUT2D eigenvalue weighted by atomic mass is 35.5. The van der Waals surface area contributed by atoms with Crippen molar-refractivity contribution in [2.75, 3.05) is 19.8 Å². The molecule has 6 nitrogen and oxygen atoms in total. The predicted octanol–water partition coefficient (Wildman–Crippen LogP) is 4.19. The molecule has 0 fully saturated rings. The number of carbonyl (C=O) groups excluding carboxylic acids is 1. The van der Waals surface area contributed by atoms with Gasteiger partial charge in [-0.2, -0.15) is 0 Å². The van der Waals surface area contributed by atoms with Crippen LogP contribution in [0.2, 0.25) is 10.0 Å². The largest absolute Gasteiger partial charge is 0.486 e. The molecule has 1 aliphatic rings. The van der Waals surface area contributed by atoms with E-state index in [4.69, 9.17) is 37.4 Å². The number of pyridine rings is 1. The van der Waals surface area contributed by atoms with Gasteiger partial charge in [-0.05, 0) is 37.3 Å². The van der Waals surface area contributed by atoms with Crippen LogP contribution in [0.3, 0.4) is 0 Å². The van der Waals surface area contributed by atoms with Gasteiger partial charge in [0.25, 0.3) is 5.91 Å². The van der Waals surface area contributed by atoms with Gasteiger partial charge in [0.15, 0.2) is 23.9 Å². The summed E-state index contributed by atoms with van der Waals surface area (Å²) >= 11 is 12.5. The fourth-order valence-corrected chi connectivity index (χ4v) is 3.58. The van der Waals surface area contributed by atoms with E-state index in [2.05, 4.69) is 10.3 Å². The normalized spacial score (nSPS) is 15.2. The molecule has 3 aromatic rings. The Morgan fingerprint density at radius 3 is 2.83 bits per heavy atom. The number of aromatic nitrogens is 1. The van der Waals surface area contributed by atoms with Crippen LogP contribution >= 0.6 is 23.2 Å². The van der Waals surface area contributed by atoms with E-state index in [1.54, 1.807) is 6.07 Å². The van der Waals surface area contributed by atoms with Crippen molar-refractivity contribution in [1.29, 1.82) is 0 Å². The summed E-state index contributed by atoms with van der Waals surface area (Å²) in [6.45, 7) is 2.29. The summed E-state index contributed by atoms with van der Waals surface area (Å²) < 4.78 is 17.1. The van der Waals surface area contributed by atoms with E-state index < -0.39 is 0 Å². The fraction of sp³-hybridized carbons (Fsp3) is 0.238. The first-order chi connectivity index (χ1) is 14.0. The standard InChI is InChI=1S/C21H18Cl2N2O4/c1-12-6-7-14-15(22)8-16(23)21(20(14)25-12)28-11-19(26)24-9-13-10-27-17-4-2-3-5-18(17)29-13/h2-8,13H,9-11H2,1H3,(H,24,26). The highest BCUT2D eigenvalue weighted by Crippen LogP contribution is 2.37. The Kier molecular flexibility index (Phi) is 5.65. The molecule has 4 rings (SSSR count). The second-order valence-electron chi connectivity index (χ2n) is 6.61. The fourth-order valence-electron chi connectivity index (χ4n) is 3.01. The van der Waals surface area contributed by atoms with E-state index in [9.17, 15) is 4.79 Å². The van der Waals surface area contributed by atoms with Crippen LogP contribution in [0.25, 0.3) is 10.9 Å². The van der Waals surface area contributed by atoms with Crippen LogP contribution in [-0.4, -0.2) is 36.8 Å². The third kappa shape index (κ3) is 4.33. The quantitative estimate of drug-likeness (QED) is 0.654. The summed E-state index contributed by atoms with van der Waals surface area (Å²) in [6, 6.07) is 12.7. The lowest BCUT2D eigenvalue weighted by atomic mass is 10.2. The zero-order valence-electron chi connectivity index (χ0n) is 15.6. The van der Waals surface area contributed by atoms with Gasteiger partial charge in [0.05, 0.1) is 16.6 Å². The number of aryl methyl sites for hydroxylation is 1. The first-order valence-corrected chi connectivity index (χ1v) is 9.80. The zero-order valence-corrected chi connectivity index (χ0v) is 17.1. The van der Waals surface area contributed by atoms with Crippen LogP contribution in [0.5, 0.6) is 17.2 Å². The maximum absolute atomic E-state index is 12.3. The van der Waals surface area contributed by atoms with E-state index in [1.807, 2.05) is 43.3 Å². The molecule has 150 valence electrons. The summed E-state index contributed by atoms with van der Waals surface area (Å²) in [5.74, 6) is 1.39. The second-order valence-corrected chi connectivity index (χ2v) is 7.42. The number of carbonyl (C=O) groups is 1. The molecular weight excluding hydrogens is 415 g/mol. The van der Waals surface area contributed by atoms with Gasteiger partial charge in [0.1, 0.15) is 18.2 Å². The average molecular weight is 433 g/mol. The Labute approximate surface area is 177 Å². The van der Waals surface area contributed by atoms with Gasteiger partial charge in [-0.1, -0.05) is 35.3 Å². The lowest BCUT2D eigenvalue weighted by molar-refractivity contribution is -0.123. The number of ether oxygens (including phenoxy) is 3. The Balaban J connectivity index is 1.37. The molecule has 1 atom stereocenters. The maximum atomic E-state index is 12.3. The number of nitrogens with one attached hydrogen (secondary N) is 1. The minimum absolute atomic E-state index is 0.212. The van der Waals surface area contributed by atoms with E-state index >= 15 is 0 Å². The smallest absolute Gasteiger partial charge is 0.258 e. The molecule has 0 spiro atoms. The number of halogens is 2. The number of hydrogen-bond acceptors (Lipinski definition) is 5. The highest BCUT2D eigenvalue weighted by molar-refractivity contribution is 6.39. The number of nitrogens with zero attached hydrogens (tertiary/aromatic N) is 1. The van der Waals surface area contributed by atoms with Crippen LogP contribution in [-0.2, 0) is 4.79 Å². The summed E-state index contributed by atoms with van der Waals surface area (Å²) in [7, 11) is 0. The third-order valence-corrected chi connectivity index (χ3v) is 5.01. The molecule has 8 heteroatoms. The topological polar surface area (TPSA) is 69.7 Å². The van der Waals surface area contributed by atoms with Gasteiger partial charge >= 0.3 is 0 Å². The van der Waals surface area contributed by atoms with Crippen LogP contribution in [0, 0.1) is 6.92 Å². The van der Waals surface area contributed by atoms with Crippen molar-refractivity contribution in [3.63, 3.8) is 0 Å². The van der Waals surface area contributed by atoms with Crippen molar-refractivity contribution in [1.82, 2.24) is 10.3 Å². The highest BCUT2D eigenvalue weighted by Gasteiger charge is 2.21. The van der Waals surface area contributed by atoms with Crippen LogP contribution in [0.1, 0.15) is 5.69 Å². The monoisotopic (exact) mass is 432 g/mol. The average Bonchev–Trinajstić information content (AvgIpc) is 2.71. The zero-order chi connectivity index (χ0) is 20.4. The molecule has 1 N–H and O–H groups in total. The third-order valence-electron chi connectivity index (χ3n) is 4.42. The minimum Gasteiger partial charge on any atom is -0.486 e. The molecule has 0 radical (unpaired) electrons. The Morgan fingerprint density at radius 2 is 2.00 bits per heavy atom. The Morgan fingerprint density at radius 1 is 1.21 bits per heavy atom. The Hall–Kier alpha value is -2.70. The van der Waals surface area contributed by atoms with Crippen molar-refractivity contribution in [3.05, 3.63) is 58.2 Å². The van der Waals surface area contributed by atoms with Crippen molar-refractivity contribution in [2.45, 2.75) is 13.0 Å². The molecule has 2 heterocycles. The number of fused-ring (bicyclic) bond motifs is 2. The summed E-state index contributed by atoms with van der Waals surface area (Å²) in [6.07, 6.45) is -0.280. The minimum atomic E-state index is -0.306. The van der Waals surface area contributed by atoms with Crippen LogP contribution < -0.4 is 19.5 Å². The van der Waals surface area contributed by atoms with Gasteiger partial charge in [-0.25, -0.2) is 4.98 Å². The number of amides is 1. The van der Waals surface area contributed by atoms with Gasteiger partial charge < -0.3 is 19.5 Å². The van der Waals surface area contributed by atoms with Crippen molar-refractivity contribution >= 4 is 40.0 Å². The summed E-state index contributed by atoms with van der Waals surface area (Å²) in [4.78, 5) is 16.7. The molecule has 0 bridgehead atoms. The molecule has 1 unspecified atom stereocenters. The lowest BCUT2D eigenvalue weighted by Gasteiger charge is -2.26. The summed E-state index contributed by atoms with van der Waals surface area (Å²) in [5.41, 5.74) is 1.32. The molecule has 1 aliphatic heterocycles. The number of hydrogen-bond donors (Lipinski definition) is 1. The predicted molar refractivity (Wildman–Crippen MR) is 111 cm³/mol. The van der Waals surface area contributed by atoms with Crippen molar-refractivity contribution in [3.8, 4) is 17.2 Å². The van der Waals surface area contributed by atoms with Gasteiger partial charge in [0.2, 0.25) is 0 Å². The number of para-hydroxylation sites is 2. The van der Waals surface area contributed by atoms with Crippen LogP contribution in [0.15, 0.2) is 42.5 Å². The van der Waals surface area contributed by atoms with E-state index in [0.717, 1.165) is 5.69 Å². The number of rotatable bonds is 5. The molecule has 29 heavy (non-hydrogen) atoms. The molecule has 0 saturated heterocycles. The van der Waals surface area contributed by atoms with Crippen LogP contribution in [0.4, 0.5) is 0 Å². The lowest BCUT2D eigenvalue weighted by Crippen LogP contribution is -2.42. The SMILES string of the molecule is Cc1ccc2c(Cl)cc(Cl)c(OCC(=O)NCC3COc4ccccc4O3)c2n1. The van der Waals surface area contributed by atoms with E-state index in [0.29, 0.717) is 51.3 Å². The molecular formula is C21H18Cl2N2O4. The Bertz CT molecular complexity index is 1070. The van der Waals surface area contributed by atoms with E-state index in [-0.39, 0.29) is 18.6 Å².